The van der Waals surface area contributed by atoms with E-state index in [-0.39, 0.29) is 5.82 Å². The highest BCUT2D eigenvalue weighted by Gasteiger charge is 2.11. The molecule has 21 heavy (non-hydrogen) atoms. The van der Waals surface area contributed by atoms with Crippen molar-refractivity contribution in [3.8, 4) is 11.1 Å². The number of nitrogens with two attached hydrogens (primary N) is 1. The number of imidazole rings is 1. The number of aryl methyl sites for hydroxylation is 1. The maximum Gasteiger partial charge on any atom is 0.170 e. The van der Waals surface area contributed by atoms with Gasteiger partial charge in [-0.1, -0.05) is 24.3 Å². The summed E-state index contributed by atoms with van der Waals surface area (Å²) in [7, 11) is 0. The first-order valence-corrected chi connectivity index (χ1v) is 6.61. The number of halogens is 1. The quantitative estimate of drug-likeness (QED) is 0.749. The van der Waals surface area contributed by atoms with Gasteiger partial charge in [0.1, 0.15) is 11.3 Å². The number of nitrogen functional groups attached to an aromatic ring is 1. The highest BCUT2D eigenvalue weighted by atomic mass is 19.1. The molecule has 0 unspecified atom stereocenters. The number of fused-ring (bicyclic) bond motifs is 1. The molecule has 2 heterocycles. The van der Waals surface area contributed by atoms with Crippen LogP contribution < -0.4 is 5.73 Å². The van der Waals surface area contributed by atoms with E-state index in [9.17, 15) is 9.18 Å². The number of hydrogen-bond donors (Lipinski definition) is 1. The number of rotatable bonds is 4. The number of carbonyl (C=O) groups excluding carboxylic acids is 1. The van der Waals surface area contributed by atoms with E-state index in [1.165, 1.54) is 0 Å². The fraction of sp³-hybridized carbons (Fsp3) is 0.125. The summed E-state index contributed by atoms with van der Waals surface area (Å²) in [4.78, 5) is 15.3. The first-order valence-electron chi connectivity index (χ1n) is 6.61. The zero-order valence-electron chi connectivity index (χ0n) is 11.3. The number of alkyl halides is 1. The van der Waals surface area contributed by atoms with Crippen LogP contribution in [0.25, 0.3) is 16.8 Å². The number of carbonyl (C=O) groups is 1. The molecule has 0 spiro atoms. The molecule has 2 N–H and O–H groups in total. The van der Waals surface area contributed by atoms with Gasteiger partial charge in [0.2, 0.25) is 0 Å². The van der Waals surface area contributed by atoms with Gasteiger partial charge >= 0.3 is 0 Å². The molecule has 1 aromatic carbocycles. The lowest BCUT2D eigenvalue weighted by atomic mass is 9.99. The summed E-state index contributed by atoms with van der Waals surface area (Å²) in [5.41, 5.74) is 9.43. The minimum atomic E-state index is -0.406. The van der Waals surface area contributed by atoms with Crippen molar-refractivity contribution in [2.24, 2.45) is 0 Å². The molecule has 0 fully saturated rings. The van der Waals surface area contributed by atoms with Crippen LogP contribution in [0.3, 0.4) is 0 Å². The second kappa shape index (κ2) is 5.36. The maximum absolute atomic E-state index is 12.7. The molecule has 0 radical (unpaired) electrons. The van der Waals surface area contributed by atoms with Gasteiger partial charge in [-0.15, -0.1) is 0 Å². The summed E-state index contributed by atoms with van der Waals surface area (Å²) in [5.74, 6) is 0.208. The Kier molecular flexibility index (Phi) is 3.39. The van der Waals surface area contributed by atoms with Crippen LogP contribution in [-0.4, -0.2) is 22.3 Å². The third-order valence-corrected chi connectivity index (χ3v) is 3.49. The van der Waals surface area contributed by atoms with Crippen LogP contribution >= 0.6 is 0 Å². The Labute approximate surface area is 121 Å². The molecule has 0 aliphatic carbocycles. The van der Waals surface area contributed by atoms with E-state index in [2.05, 4.69) is 4.98 Å². The molecular formula is C16H14FN3O. The topological polar surface area (TPSA) is 60.4 Å². The van der Waals surface area contributed by atoms with Crippen molar-refractivity contribution in [3.63, 3.8) is 0 Å². The average molecular weight is 283 g/mol. The smallest absolute Gasteiger partial charge is 0.170 e. The first kappa shape index (κ1) is 13.3. The normalized spacial score (nSPS) is 10.9. The van der Waals surface area contributed by atoms with Crippen LogP contribution in [0.15, 0.2) is 42.6 Å². The SMILES string of the molecule is Nc1nc2ccc(-c3ccccc3CCF)cn2c1C=O. The molecule has 3 rings (SSSR count). The van der Waals surface area contributed by atoms with Gasteiger partial charge in [-0.2, -0.15) is 0 Å². The fourth-order valence-electron chi connectivity index (χ4n) is 2.48. The molecule has 3 aromatic rings. The van der Waals surface area contributed by atoms with E-state index < -0.39 is 6.67 Å². The Morgan fingerprint density at radius 2 is 2.05 bits per heavy atom. The van der Waals surface area contributed by atoms with Crippen LogP contribution in [0.2, 0.25) is 0 Å². The number of hydrogen-bond acceptors (Lipinski definition) is 3. The lowest BCUT2D eigenvalue weighted by Gasteiger charge is -2.09. The van der Waals surface area contributed by atoms with Gasteiger partial charge in [-0.25, -0.2) is 4.98 Å². The molecule has 4 nitrogen and oxygen atoms in total. The van der Waals surface area contributed by atoms with E-state index in [0.717, 1.165) is 16.7 Å². The van der Waals surface area contributed by atoms with Crippen molar-refractivity contribution >= 4 is 17.8 Å². The minimum Gasteiger partial charge on any atom is -0.382 e. The second-order valence-corrected chi connectivity index (χ2v) is 4.74. The van der Waals surface area contributed by atoms with Crippen LogP contribution in [0.1, 0.15) is 16.1 Å². The Bertz CT molecular complexity index is 810. The van der Waals surface area contributed by atoms with E-state index in [1.807, 2.05) is 30.3 Å². The number of aromatic nitrogens is 2. The zero-order chi connectivity index (χ0) is 14.8. The summed E-state index contributed by atoms with van der Waals surface area (Å²) in [6.45, 7) is -0.406. The molecule has 0 aliphatic rings. The Hall–Kier alpha value is -2.69. The second-order valence-electron chi connectivity index (χ2n) is 4.74. The number of aldehydes is 1. The van der Waals surface area contributed by atoms with Gasteiger partial charge in [0, 0.05) is 12.6 Å². The minimum absolute atomic E-state index is 0.208. The molecule has 106 valence electrons. The van der Waals surface area contributed by atoms with Gasteiger partial charge in [-0.05, 0) is 28.8 Å². The van der Waals surface area contributed by atoms with Gasteiger partial charge in [0.25, 0.3) is 0 Å². The number of benzene rings is 1. The Morgan fingerprint density at radius 1 is 1.24 bits per heavy atom. The van der Waals surface area contributed by atoms with Crippen LogP contribution in [0, 0.1) is 0 Å². The molecule has 0 bridgehead atoms. The predicted octanol–water partition coefficient (Wildman–Crippen LogP) is 2.91. The van der Waals surface area contributed by atoms with Crippen LogP contribution in [-0.2, 0) is 6.42 Å². The third-order valence-electron chi connectivity index (χ3n) is 3.49. The number of nitrogens with zero attached hydrogens (tertiary/aromatic N) is 2. The molecule has 5 heteroatoms. The third kappa shape index (κ3) is 2.27. The number of pyridine rings is 1. The molecule has 0 saturated heterocycles. The zero-order valence-corrected chi connectivity index (χ0v) is 11.3. The largest absolute Gasteiger partial charge is 0.382 e. The number of anilines is 1. The molecule has 0 saturated carbocycles. The first-order chi connectivity index (χ1) is 10.2. The summed E-state index contributed by atoms with van der Waals surface area (Å²) < 4.78 is 14.3. The Morgan fingerprint density at radius 3 is 2.81 bits per heavy atom. The highest BCUT2D eigenvalue weighted by molar-refractivity contribution is 5.82. The monoisotopic (exact) mass is 283 g/mol. The van der Waals surface area contributed by atoms with Gasteiger partial charge < -0.3 is 5.73 Å². The maximum atomic E-state index is 12.7. The van der Waals surface area contributed by atoms with Gasteiger partial charge in [0.05, 0.1) is 6.67 Å². The summed E-state index contributed by atoms with van der Waals surface area (Å²) in [6.07, 6.45) is 2.85. The van der Waals surface area contributed by atoms with Gasteiger partial charge in [0.15, 0.2) is 12.1 Å². The summed E-state index contributed by atoms with van der Waals surface area (Å²) in [6, 6.07) is 11.3. The fourth-order valence-corrected chi connectivity index (χ4v) is 2.48. The van der Waals surface area contributed by atoms with Crippen molar-refractivity contribution in [1.29, 1.82) is 0 Å². The molecular weight excluding hydrogens is 269 g/mol. The van der Waals surface area contributed by atoms with Crippen LogP contribution in [0.5, 0.6) is 0 Å². The Balaban J connectivity index is 2.19. The highest BCUT2D eigenvalue weighted by Crippen LogP contribution is 2.26. The van der Waals surface area contributed by atoms with Gasteiger partial charge in [-0.3, -0.25) is 13.6 Å². The van der Waals surface area contributed by atoms with E-state index in [0.29, 0.717) is 24.0 Å². The molecule has 0 aliphatic heterocycles. The average Bonchev–Trinajstić information content (AvgIpc) is 2.82. The van der Waals surface area contributed by atoms with E-state index in [4.69, 9.17) is 5.73 Å². The van der Waals surface area contributed by atoms with E-state index >= 15 is 0 Å². The molecule has 2 aromatic heterocycles. The van der Waals surface area contributed by atoms with Crippen molar-refractivity contribution in [2.75, 3.05) is 12.4 Å². The summed E-state index contributed by atoms with van der Waals surface area (Å²) in [5, 5.41) is 0. The van der Waals surface area contributed by atoms with Crippen molar-refractivity contribution in [3.05, 3.63) is 53.9 Å². The van der Waals surface area contributed by atoms with Crippen LogP contribution in [0.4, 0.5) is 10.2 Å². The predicted molar refractivity (Wildman–Crippen MR) is 80.1 cm³/mol. The molecule has 0 atom stereocenters. The van der Waals surface area contributed by atoms with Crippen molar-refractivity contribution in [1.82, 2.24) is 9.38 Å². The van der Waals surface area contributed by atoms with E-state index in [1.54, 1.807) is 16.7 Å². The van der Waals surface area contributed by atoms with Crippen molar-refractivity contribution in [2.45, 2.75) is 6.42 Å². The summed E-state index contributed by atoms with van der Waals surface area (Å²) >= 11 is 0. The lowest BCUT2D eigenvalue weighted by molar-refractivity contribution is 0.111. The lowest BCUT2D eigenvalue weighted by Crippen LogP contribution is -1.96. The standard InChI is InChI=1S/C16H14FN3O/c17-8-7-11-3-1-2-4-13(11)12-5-6-15-19-16(18)14(10-21)20(15)9-12/h1-6,9-10H,7-8,18H2. The molecule has 0 amide bonds. The van der Waals surface area contributed by atoms with Crippen molar-refractivity contribution < 1.29 is 9.18 Å².